The molecule has 1 saturated heterocycles. The summed E-state index contributed by atoms with van der Waals surface area (Å²) < 4.78 is 77.7. The highest BCUT2D eigenvalue weighted by molar-refractivity contribution is 7.91. The fraction of sp³-hybridized carbons (Fsp3) is 0.447. The van der Waals surface area contributed by atoms with Crippen LogP contribution >= 0.6 is 0 Å². The average molecular weight is 765 g/mol. The Morgan fingerprint density at radius 2 is 1.80 bits per heavy atom. The van der Waals surface area contributed by atoms with E-state index in [4.69, 9.17) is 4.74 Å². The minimum Gasteiger partial charge on any atom is -0.472 e. The van der Waals surface area contributed by atoms with E-state index in [1.54, 1.807) is 30.3 Å². The first-order chi connectivity index (χ1) is 25.8. The van der Waals surface area contributed by atoms with Gasteiger partial charge in [-0.25, -0.2) is 13.4 Å². The maximum Gasteiger partial charge on any atom is 0.418 e. The molecule has 3 amide bonds. The Kier molecular flexibility index (Phi) is 9.13. The predicted octanol–water partition coefficient (Wildman–Crippen LogP) is 5.31. The first-order valence-corrected chi connectivity index (χ1v) is 19.8. The number of benzene rings is 2. The van der Waals surface area contributed by atoms with Gasteiger partial charge < -0.3 is 15.0 Å². The number of halogens is 3. The molecule has 54 heavy (non-hydrogen) atoms. The van der Waals surface area contributed by atoms with Gasteiger partial charge in [-0.2, -0.15) is 22.8 Å². The first kappa shape index (κ1) is 36.0. The van der Waals surface area contributed by atoms with Crippen LogP contribution in [-0.4, -0.2) is 75.1 Å². The van der Waals surface area contributed by atoms with Gasteiger partial charge in [-0.3, -0.25) is 19.1 Å². The lowest BCUT2D eigenvalue weighted by atomic mass is 10.1. The van der Waals surface area contributed by atoms with E-state index in [0.29, 0.717) is 30.5 Å². The van der Waals surface area contributed by atoms with Gasteiger partial charge in [0, 0.05) is 35.8 Å². The summed E-state index contributed by atoms with van der Waals surface area (Å²) >= 11 is 0. The molecule has 2 aliphatic heterocycles. The topological polar surface area (TPSA) is 152 Å². The molecule has 2 aromatic heterocycles. The van der Waals surface area contributed by atoms with Crippen LogP contribution in [0.4, 0.5) is 13.2 Å². The van der Waals surface area contributed by atoms with Gasteiger partial charge in [0.05, 0.1) is 23.1 Å². The number of sulfonamides is 1. The van der Waals surface area contributed by atoms with Gasteiger partial charge in [0.2, 0.25) is 27.7 Å². The van der Waals surface area contributed by atoms with Crippen molar-refractivity contribution >= 4 is 44.3 Å². The molecule has 4 aliphatic rings. The van der Waals surface area contributed by atoms with Gasteiger partial charge in [0.1, 0.15) is 23.2 Å². The summed E-state index contributed by atoms with van der Waals surface area (Å²) in [6, 6.07) is 13.3. The largest absolute Gasteiger partial charge is 0.472 e. The molecule has 0 radical (unpaired) electrons. The lowest BCUT2D eigenvalue weighted by Gasteiger charge is -2.26. The number of nitrogens with one attached hydrogen (secondary N) is 2. The SMILES string of the molecule is O=C1N[C@]2(C(=O)NS(=O)(=O)C3CC3)C[C@H]2/C=C\CCCCCCC(=O)N2C[C@H](Oc3cc(-c4ccccc4)nc4c5cccc(C(F)(F)F)c5nn34)C[C@@H]12. The van der Waals surface area contributed by atoms with Crippen LogP contribution in [0.1, 0.15) is 69.8 Å². The van der Waals surface area contributed by atoms with E-state index in [1.807, 2.05) is 18.2 Å². The van der Waals surface area contributed by atoms with Crippen LogP contribution in [0.5, 0.6) is 5.88 Å². The Morgan fingerprint density at radius 3 is 2.56 bits per heavy atom. The minimum absolute atomic E-state index is 0.00474. The monoisotopic (exact) mass is 764 g/mol. The van der Waals surface area contributed by atoms with E-state index in [1.165, 1.54) is 21.5 Å². The van der Waals surface area contributed by atoms with Crippen molar-refractivity contribution in [3.8, 4) is 17.1 Å². The van der Waals surface area contributed by atoms with Crippen molar-refractivity contribution in [1.82, 2.24) is 29.5 Å². The summed E-state index contributed by atoms with van der Waals surface area (Å²) in [6.07, 6.45) is 3.54. The third-order valence-electron chi connectivity index (χ3n) is 10.8. The smallest absolute Gasteiger partial charge is 0.418 e. The van der Waals surface area contributed by atoms with E-state index in [9.17, 15) is 36.0 Å². The van der Waals surface area contributed by atoms with Gasteiger partial charge in [0.15, 0.2) is 5.65 Å². The van der Waals surface area contributed by atoms with Gasteiger partial charge in [0.25, 0.3) is 5.91 Å². The fourth-order valence-electron chi connectivity index (χ4n) is 7.59. The second-order valence-corrected chi connectivity index (χ2v) is 16.6. The number of aromatic nitrogens is 3. The van der Waals surface area contributed by atoms with Crippen LogP contribution in [0.3, 0.4) is 0 Å². The second kappa shape index (κ2) is 13.7. The van der Waals surface area contributed by atoms with Crippen molar-refractivity contribution in [1.29, 1.82) is 0 Å². The number of amides is 3. The van der Waals surface area contributed by atoms with Crippen molar-refractivity contribution in [3.05, 3.63) is 72.3 Å². The van der Waals surface area contributed by atoms with Crippen molar-refractivity contribution in [2.45, 2.75) is 93.3 Å². The van der Waals surface area contributed by atoms with Gasteiger partial charge in [-0.15, -0.1) is 0 Å². The van der Waals surface area contributed by atoms with Crippen LogP contribution in [0, 0.1) is 5.92 Å². The molecule has 8 rings (SSSR count). The summed E-state index contributed by atoms with van der Waals surface area (Å²) in [5.74, 6) is -2.07. The zero-order chi connectivity index (χ0) is 37.8. The molecule has 0 spiro atoms. The number of alkyl halides is 3. The normalized spacial score (nSPS) is 26.0. The van der Waals surface area contributed by atoms with Crippen molar-refractivity contribution < 1.29 is 40.7 Å². The summed E-state index contributed by atoms with van der Waals surface area (Å²) in [5, 5.41) is 6.69. The average Bonchev–Trinajstić information content (AvgIpc) is 4.04. The number of carbonyl (C=O) groups excluding carboxylic acids is 3. The molecule has 4 atom stereocenters. The Morgan fingerprint density at radius 1 is 1.02 bits per heavy atom. The first-order valence-electron chi connectivity index (χ1n) is 18.3. The molecule has 2 aliphatic carbocycles. The molecule has 2 aromatic carbocycles. The molecule has 284 valence electrons. The molecule has 3 fully saturated rings. The van der Waals surface area contributed by atoms with Crippen molar-refractivity contribution in [2.24, 2.45) is 5.92 Å². The lowest BCUT2D eigenvalue weighted by Crippen LogP contribution is -2.56. The molecule has 16 heteroatoms. The molecule has 12 nitrogen and oxygen atoms in total. The van der Waals surface area contributed by atoms with E-state index in [0.717, 1.165) is 31.7 Å². The maximum absolute atomic E-state index is 14.2. The summed E-state index contributed by atoms with van der Waals surface area (Å²) in [4.78, 5) is 47.7. The molecule has 4 heterocycles. The highest BCUT2D eigenvalue weighted by Gasteiger charge is 2.62. The summed E-state index contributed by atoms with van der Waals surface area (Å²) in [5.41, 5.74) is -1.50. The summed E-state index contributed by atoms with van der Waals surface area (Å²) in [6.45, 7) is -0.0193. The number of ether oxygens (including phenoxy) is 1. The molecule has 2 N–H and O–H groups in total. The fourth-order valence-corrected chi connectivity index (χ4v) is 8.95. The number of hydrogen-bond acceptors (Lipinski definition) is 8. The third-order valence-corrected chi connectivity index (χ3v) is 12.6. The highest BCUT2D eigenvalue weighted by Crippen LogP contribution is 2.46. The van der Waals surface area contributed by atoms with Crippen LogP contribution in [-0.2, 0) is 30.6 Å². The molecular formula is C38H39F3N6O6S. The molecule has 0 bridgehead atoms. The van der Waals surface area contributed by atoms with Crippen molar-refractivity contribution in [2.75, 3.05) is 6.54 Å². The van der Waals surface area contributed by atoms with Gasteiger partial charge in [-0.1, -0.05) is 61.4 Å². The van der Waals surface area contributed by atoms with E-state index >= 15 is 0 Å². The second-order valence-electron chi connectivity index (χ2n) is 14.6. The van der Waals surface area contributed by atoms with Crippen LogP contribution in [0.25, 0.3) is 27.8 Å². The predicted molar refractivity (Wildman–Crippen MR) is 191 cm³/mol. The Bertz CT molecular complexity index is 2280. The zero-order valence-electron chi connectivity index (χ0n) is 29.2. The third kappa shape index (κ3) is 6.91. The van der Waals surface area contributed by atoms with Gasteiger partial charge in [-0.05, 0) is 50.7 Å². The van der Waals surface area contributed by atoms with Crippen molar-refractivity contribution in [3.63, 3.8) is 0 Å². The Balaban J connectivity index is 1.13. The van der Waals surface area contributed by atoms with Crippen LogP contribution < -0.4 is 14.8 Å². The molecule has 4 aromatic rings. The number of hydrogen-bond donors (Lipinski definition) is 2. The zero-order valence-corrected chi connectivity index (χ0v) is 30.0. The molecule has 2 saturated carbocycles. The standard InChI is InChI=1S/C38H39F3N6O6S/c39-38(40,41)28-15-10-14-27-33(28)44-47-32(20-29(42-34(27)47)23-11-6-5-7-12-23)53-25-19-30-35(49)43-37(36(50)45-54(51,52)26-17-18-26)21-24(37)13-8-3-1-2-4-9-16-31(48)46(30)22-25/h5-8,10-15,20,24-26,30H,1-4,9,16-19,21-22H2,(H,43,49)(H,45,50)/b13-8-/t24-,25-,30+,37-/m1/s1. The van der Waals surface area contributed by atoms with E-state index in [2.05, 4.69) is 20.1 Å². The number of carbonyl (C=O) groups is 3. The number of rotatable bonds is 6. The number of allylic oxidation sites excluding steroid dienone is 1. The molecular weight excluding hydrogens is 726 g/mol. The van der Waals surface area contributed by atoms with E-state index < -0.39 is 62.4 Å². The summed E-state index contributed by atoms with van der Waals surface area (Å²) in [7, 11) is -3.90. The Hall–Kier alpha value is -4.99. The van der Waals surface area contributed by atoms with Crippen LogP contribution in [0.15, 0.2) is 66.7 Å². The minimum atomic E-state index is -4.68. The number of nitrogens with zero attached hydrogens (tertiary/aromatic N) is 4. The number of fused-ring (bicyclic) bond motifs is 5. The quantitative estimate of drug-likeness (QED) is 0.251. The van der Waals surface area contributed by atoms with Crippen LogP contribution in [0.2, 0.25) is 0 Å². The molecule has 0 unspecified atom stereocenters. The maximum atomic E-state index is 14.2. The Labute approximate surface area is 309 Å². The van der Waals surface area contributed by atoms with E-state index in [-0.39, 0.29) is 54.1 Å². The lowest BCUT2D eigenvalue weighted by molar-refractivity contribution is -0.139. The highest BCUT2D eigenvalue weighted by atomic mass is 32.2. The van der Waals surface area contributed by atoms with Gasteiger partial charge >= 0.3 is 6.18 Å².